The summed E-state index contributed by atoms with van der Waals surface area (Å²) in [6.45, 7) is 8.57. The molecule has 0 radical (unpaired) electrons. The molecule has 3 rings (SSSR count). The number of esters is 1. The molecule has 0 aliphatic carbocycles. The van der Waals surface area contributed by atoms with Gasteiger partial charge in [-0.3, -0.25) is 4.79 Å². The largest absolute Gasteiger partial charge is 0.449 e. The first-order valence-corrected chi connectivity index (χ1v) is 9.52. The second-order valence-electron chi connectivity index (χ2n) is 7.27. The fraction of sp³-hybridized carbons (Fsp3) is 0.524. The Morgan fingerprint density at radius 2 is 2.08 bits per heavy atom. The van der Waals surface area contributed by atoms with Crippen LogP contribution in [0.3, 0.4) is 0 Å². The van der Waals surface area contributed by atoms with Crippen LogP contribution in [-0.4, -0.2) is 40.5 Å². The van der Waals surface area contributed by atoms with Gasteiger partial charge in [0.25, 0.3) is 5.91 Å². The van der Waals surface area contributed by atoms with E-state index in [1.165, 1.54) is 0 Å². The zero-order chi connectivity index (χ0) is 18.8. The van der Waals surface area contributed by atoms with Crippen LogP contribution >= 0.6 is 0 Å². The van der Waals surface area contributed by atoms with Gasteiger partial charge in [0.1, 0.15) is 0 Å². The summed E-state index contributed by atoms with van der Waals surface area (Å²) in [7, 11) is 0. The Kier molecular flexibility index (Phi) is 5.35. The van der Waals surface area contributed by atoms with Crippen LogP contribution < -0.4 is 0 Å². The molecular formula is C21H28N2O3. The van der Waals surface area contributed by atoms with Crippen LogP contribution in [0.15, 0.2) is 18.2 Å². The number of carbonyl (C=O) groups excluding carboxylic acids is 2. The Morgan fingerprint density at radius 1 is 1.31 bits per heavy atom. The van der Waals surface area contributed by atoms with Crippen LogP contribution in [0.2, 0.25) is 0 Å². The van der Waals surface area contributed by atoms with Crippen molar-refractivity contribution in [3.05, 3.63) is 35.0 Å². The van der Waals surface area contributed by atoms with E-state index < -0.39 is 12.1 Å². The van der Waals surface area contributed by atoms with Crippen molar-refractivity contribution in [3.63, 3.8) is 0 Å². The van der Waals surface area contributed by atoms with E-state index in [0.29, 0.717) is 5.56 Å². The minimum atomic E-state index is -0.764. The van der Waals surface area contributed by atoms with Gasteiger partial charge in [-0.25, -0.2) is 4.79 Å². The number of piperidine rings is 1. The molecule has 0 saturated carbocycles. The number of rotatable bonds is 4. The minimum absolute atomic E-state index is 0.0837. The lowest BCUT2D eigenvalue weighted by atomic mass is 9.99. The molecule has 5 heteroatoms. The van der Waals surface area contributed by atoms with E-state index in [9.17, 15) is 9.59 Å². The topological polar surface area (TPSA) is 62.4 Å². The quantitative estimate of drug-likeness (QED) is 0.838. The molecule has 1 N–H and O–H groups in total. The van der Waals surface area contributed by atoms with E-state index in [4.69, 9.17) is 4.74 Å². The van der Waals surface area contributed by atoms with Gasteiger partial charge in [-0.2, -0.15) is 0 Å². The Hall–Kier alpha value is -2.30. The van der Waals surface area contributed by atoms with Crippen molar-refractivity contribution in [1.82, 2.24) is 9.88 Å². The van der Waals surface area contributed by atoms with Gasteiger partial charge < -0.3 is 14.6 Å². The fourth-order valence-electron chi connectivity index (χ4n) is 3.82. The SMILES string of the molecule is CCC1CCCCN1C(=O)C(C)OC(=O)c1ccc2[nH]c(C)c(C)c2c1. The van der Waals surface area contributed by atoms with Gasteiger partial charge in [0.15, 0.2) is 6.10 Å². The molecule has 1 aromatic heterocycles. The van der Waals surface area contributed by atoms with Gasteiger partial charge in [-0.15, -0.1) is 0 Å². The summed E-state index contributed by atoms with van der Waals surface area (Å²) in [5, 5.41) is 1.01. The third-order valence-electron chi connectivity index (χ3n) is 5.56. The molecule has 140 valence electrons. The number of H-pyrrole nitrogens is 1. The zero-order valence-corrected chi connectivity index (χ0v) is 16.1. The number of nitrogens with one attached hydrogen (secondary N) is 1. The highest BCUT2D eigenvalue weighted by atomic mass is 16.5. The molecule has 1 aliphatic heterocycles. The lowest BCUT2D eigenvalue weighted by Gasteiger charge is -2.36. The van der Waals surface area contributed by atoms with Crippen molar-refractivity contribution in [3.8, 4) is 0 Å². The summed E-state index contributed by atoms with van der Waals surface area (Å²) in [4.78, 5) is 30.5. The normalized spacial score (nSPS) is 18.8. The van der Waals surface area contributed by atoms with E-state index in [-0.39, 0.29) is 11.9 Å². The van der Waals surface area contributed by atoms with Crippen molar-refractivity contribution < 1.29 is 14.3 Å². The summed E-state index contributed by atoms with van der Waals surface area (Å²) in [5.41, 5.74) is 3.69. The van der Waals surface area contributed by atoms with Crippen molar-refractivity contribution in [2.75, 3.05) is 6.54 Å². The molecule has 2 heterocycles. The number of aromatic nitrogens is 1. The molecule has 1 saturated heterocycles. The number of carbonyl (C=O) groups is 2. The molecule has 1 fully saturated rings. The first-order chi connectivity index (χ1) is 12.4. The Bertz CT molecular complexity index is 824. The Labute approximate surface area is 154 Å². The molecular weight excluding hydrogens is 328 g/mol. The highest BCUT2D eigenvalue weighted by Crippen LogP contribution is 2.24. The maximum atomic E-state index is 12.7. The summed E-state index contributed by atoms with van der Waals surface area (Å²) in [6.07, 6.45) is 3.39. The monoisotopic (exact) mass is 356 g/mol. The Morgan fingerprint density at radius 3 is 2.81 bits per heavy atom. The molecule has 2 atom stereocenters. The molecule has 0 spiro atoms. The van der Waals surface area contributed by atoms with E-state index in [1.807, 2.05) is 30.9 Å². The average Bonchev–Trinajstić information content (AvgIpc) is 2.94. The second kappa shape index (κ2) is 7.52. The molecule has 1 aromatic carbocycles. The standard InChI is InChI=1S/C21H28N2O3/c1-5-17-8-6-7-11-23(17)20(24)15(4)26-21(25)16-9-10-19-18(12-16)13(2)14(3)22-19/h9-10,12,15,17,22H,5-8,11H2,1-4H3. The number of aryl methyl sites for hydroxylation is 2. The lowest BCUT2D eigenvalue weighted by molar-refractivity contribution is -0.143. The van der Waals surface area contributed by atoms with Gasteiger partial charge in [-0.05, 0) is 70.2 Å². The lowest BCUT2D eigenvalue weighted by Crippen LogP contribution is -2.48. The van der Waals surface area contributed by atoms with Gasteiger partial charge in [0.2, 0.25) is 0 Å². The number of hydrogen-bond acceptors (Lipinski definition) is 3. The predicted octanol–water partition coefficient (Wildman–Crippen LogP) is 4.12. The smallest absolute Gasteiger partial charge is 0.338 e. The van der Waals surface area contributed by atoms with E-state index in [2.05, 4.69) is 11.9 Å². The number of benzene rings is 1. The minimum Gasteiger partial charge on any atom is -0.449 e. The molecule has 26 heavy (non-hydrogen) atoms. The molecule has 2 aromatic rings. The van der Waals surface area contributed by atoms with Crippen LogP contribution in [0, 0.1) is 13.8 Å². The molecule has 5 nitrogen and oxygen atoms in total. The fourth-order valence-corrected chi connectivity index (χ4v) is 3.82. The first-order valence-electron chi connectivity index (χ1n) is 9.52. The van der Waals surface area contributed by atoms with Crippen molar-refractivity contribution in [2.24, 2.45) is 0 Å². The summed E-state index contributed by atoms with van der Waals surface area (Å²) in [5.74, 6) is -0.532. The van der Waals surface area contributed by atoms with Gasteiger partial charge >= 0.3 is 5.97 Å². The summed E-state index contributed by atoms with van der Waals surface area (Å²) < 4.78 is 5.50. The zero-order valence-electron chi connectivity index (χ0n) is 16.1. The van der Waals surface area contributed by atoms with Gasteiger partial charge in [-0.1, -0.05) is 6.92 Å². The first kappa shape index (κ1) is 18.5. The van der Waals surface area contributed by atoms with Gasteiger partial charge in [0, 0.05) is 29.2 Å². The van der Waals surface area contributed by atoms with Gasteiger partial charge in [0.05, 0.1) is 5.56 Å². The van der Waals surface area contributed by atoms with E-state index in [0.717, 1.165) is 54.4 Å². The van der Waals surface area contributed by atoms with Crippen molar-refractivity contribution in [2.45, 2.75) is 65.5 Å². The molecule has 2 unspecified atom stereocenters. The van der Waals surface area contributed by atoms with Crippen molar-refractivity contribution in [1.29, 1.82) is 0 Å². The van der Waals surface area contributed by atoms with Crippen LogP contribution in [0.4, 0.5) is 0 Å². The summed E-state index contributed by atoms with van der Waals surface area (Å²) >= 11 is 0. The number of fused-ring (bicyclic) bond motifs is 1. The number of hydrogen-bond donors (Lipinski definition) is 1. The molecule has 0 bridgehead atoms. The maximum Gasteiger partial charge on any atom is 0.338 e. The number of ether oxygens (including phenoxy) is 1. The van der Waals surface area contributed by atoms with Crippen LogP contribution in [0.1, 0.15) is 61.1 Å². The number of amides is 1. The number of aromatic amines is 1. The third kappa shape index (κ3) is 3.48. The predicted molar refractivity (Wildman–Crippen MR) is 102 cm³/mol. The highest BCUT2D eigenvalue weighted by Gasteiger charge is 2.30. The highest BCUT2D eigenvalue weighted by molar-refractivity contribution is 5.97. The number of nitrogens with zero attached hydrogens (tertiary/aromatic N) is 1. The second-order valence-corrected chi connectivity index (χ2v) is 7.27. The van der Waals surface area contributed by atoms with Crippen LogP contribution in [-0.2, 0) is 9.53 Å². The van der Waals surface area contributed by atoms with E-state index >= 15 is 0 Å². The average molecular weight is 356 g/mol. The number of likely N-dealkylation sites (tertiary alicyclic amines) is 1. The molecule has 1 aliphatic rings. The third-order valence-corrected chi connectivity index (χ3v) is 5.56. The Balaban J connectivity index is 1.72. The summed E-state index contributed by atoms with van der Waals surface area (Å²) in [6, 6.07) is 5.73. The van der Waals surface area contributed by atoms with E-state index in [1.54, 1.807) is 13.0 Å². The maximum absolute atomic E-state index is 12.7. The molecule has 1 amide bonds. The van der Waals surface area contributed by atoms with Crippen molar-refractivity contribution >= 4 is 22.8 Å². The van der Waals surface area contributed by atoms with Crippen LogP contribution in [0.25, 0.3) is 10.9 Å². The van der Waals surface area contributed by atoms with Crippen LogP contribution in [0.5, 0.6) is 0 Å².